The summed E-state index contributed by atoms with van der Waals surface area (Å²) in [7, 11) is 0. The van der Waals surface area contributed by atoms with Crippen molar-refractivity contribution in [2.75, 3.05) is 11.9 Å². The van der Waals surface area contributed by atoms with Gasteiger partial charge in [0.1, 0.15) is 6.10 Å². The molecule has 0 aliphatic heterocycles. The maximum atomic E-state index is 11.0. The van der Waals surface area contributed by atoms with Crippen LogP contribution < -0.4 is 11.1 Å². The molecule has 1 amide bonds. The predicted molar refractivity (Wildman–Crippen MR) is 96.8 cm³/mol. The number of rotatable bonds is 12. The molecule has 1 rings (SSSR count). The van der Waals surface area contributed by atoms with E-state index in [2.05, 4.69) is 43.4 Å². The van der Waals surface area contributed by atoms with Crippen molar-refractivity contribution in [3.63, 3.8) is 0 Å². The average molecular weight is 320 g/mol. The smallest absolute Gasteiger partial charge is 0.404 e. The lowest BCUT2D eigenvalue weighted by atomic mass is 10.0. The van der Waals surface area contributed by atoms with Gasteiger partial charge in [-0.25, -0.2) is 4.79 Å². The summed E-state index contributed by atoms with van der Waals surface area (Å²) in [5, 5.41) is 3.47. The Morgan fingerprint density at radius 1 is 1.17 bits per heavy atom. The number of hydrogen-bond acceptors (Lipinski definition) is 3. The lowest BCUT2D eigenvalue weighted by Crippen LogP contribution is -2.23. The first-order valence-corrected chi connectivity index (χ1v) is 8.94. The molecule has 0 aliphatic rings. The molecule has 130 valence electrons. The number of primary amides is 1. The van der Waals surface area contributed by atoms with Crippen molar-refractivity contribution in [1.82, 2.24) is 0 Å². The highest BCUT2D eigenvalue weighted by molar-refractivity contribution is 5.64. The van der Waals surface area contributed by atoms with Gasteiger partial charge in [-0.3, -0.25) is 0 Å². The Morgan fingerprint density at radius 3 is 2.65 bits per heavy atom. The van der Waals surface area contributed by atoms with Gasteiger partial charge in [-0.05, 0) is 43.4 Å². The topological polar surface area (TPSA) is 64.3 Å². The van der Waals surface area contributed by atoms with Crippen molar-refractivity contribution < 1.29 is 9.53 Å². The maximum Gasteiger partial charge on any atom is 0.404 e. The van der Waals surface area contributed by atoms with Gasteiger partial charge in [0, 0.05) is 12.2 Å². The molecule has 23 heavy (non-hydrogen) atoms. The lowest BCUT2D eigenvalue weighted by Gasteiger charge is -2.16. The second-order valence-corrected chi connectivity index (χ2v) is 6.07. The van der Waals surface area contributed by atoms with E-state index in [0.29, 0.717) is 0 Å². The third-order valence-corrected chi connectivity index (χ3v) is 3.95. The minimum absolute atomic E-state index is 0.0754. The number of benzene rings is 1. The molecule has 0 saturated heterocycles. The number of nitrogens with two attached hydrogens (primary N) is 1. The first-order chi connectivity index (χ1) is 11.2. The largest absolute Gasteiger partial charge is 0.446 e. The van der Waals surface area contributed by atoms with Crippen molar-refractivity contribution >= 4 is 11.8 Å². The van der Waals surface area contributed by atoms with Crippen LogP contribution in [0.15, 0.2) is 24.3 Å². The zero-order chi connectivity index (χ0) is 16.9. The Kier molecular flexibility index (Phi) is 9.92. The molecular formula is C19H32N2O2. The van der Waals surface area contributed by atoms with Gasteiger partial charge < -0.3 is 15.8 Å². The van der Waals surface area contributed by atoms with E-state index < -0.39 is 6.09 Å². The van der Waals surface area contributed by atoms with Gasteiger partial charge in [0.15, 0.2) is 0 Å². The predicted octanol–water partition coefficient (Wildman–Crippen LogP) is 4.88. The molecule has 0 spiro atoms. The number of carbonyl (C=O) groups is 1. The molecule has 0 aliphatic carbocycles. The summed E-state index contributed by atoms with van der Waals surface area (Å²) in [6.45, 7) is 5.36. The molecule has 4 nitrogen and oxygen atoms in total. The second kappa shape index (κ2) is 11.8. The third kappa shape index (κ3) is 9.11. The van der Waals surface area contributed by atoms with E-state index >= 15 is 0 Å². The van der Waals surface area contributed by atoms with Crippen LogP contribution >= 0.6 is 0 Å². The van der Waals surface area contributed by atoms with Crippen molar-refractivity contribution in [3.05, 3.63) is 29.8 Å². The van der Waals surface area contributed by atoms with E-state index in [0.717, 1.165) is 38.6 Å². The van der Waals surface area contributed by atoms with Gasteiger partial charge in [-0.15, -0.1) is 0 Å². The number of hydrogen-bond donors (Lipinski definition) is 2. The van der Waals surface area contributed by atoms with Crippen LogP contribution in [0, 0.1) is 0 Å². The molecule has 0 fully saturated rings. The first-order valence-electron chi connectivity index (χ1n) is 8.94. The Morgan fingerprint density at radius 2 is 1.96 bits per heavy atom. The molecule has 4 heteroatoms. The molecule has 0 saturated carbocycles. The Labute approximate surface area is 140 Å². The van der Waals surface area contributed by atoms with Gasteiger partial charge in [-0.2, -0.15) is 0 Å². The lowest BCUT2D eigenvalue weighted by molar-refractivity contribution is 0.0945. The van der Waals surface area contributed by atoms with E-state index in [9.17, 15) is 4.79 Å². The number of amides is 1. The number of anilines is 1. The van der Waals surface area contributed by atoms with Crippen LogP contribution in [0.2, 0.25) is 0 Å². The standard InChI is InChI=1S/C19H32N2O2/c1-3-5-7-14-21-17-10-8-9-16(15-17)12-13-18(11-6-4-2)23-19(20)22/h8-10,15,18,21H,3-7,11-14H2,1-2H3,(H2,20,22). The molecule has 1 aromatic carbocycles. The van der Waals surface area contributed by atoms with Crippen LogP contribution in [0.3, 0.4) is 0 Å². The monoisotopic (exact) mass is 320 g/mol. The van der Waals surface area contributed by atoms with Gasteiger partial charge in [0.2, 0.25) is 0 Å². The van der Waals surface area contributed by atoms with E-state index in [1.165, 1.54) is 30.5 Å². The van der Waals surface area contributed by atoms with Crippen LogP contribution in [0.4, 0.5) is 10.5 Å². The van der Waals surface area contributed by atoms with Gasteiger partial charge in [0.05, 0.1) is 0 Å². The Hall–Kier alpha value is -1.71. The zero-order valence-electron chi connectivity index (χ0n) is 14.6. The van der Waals surface area contributed by atoms with Crippen LogP contribution in [0.25, 0.3) is 0 Å². The molecule has 3 N–H and O–H groups in total. The highest BCUT2D eigenvalue weighted by Gasteiger charge is 2.12. The summed E-state index contributed by atoms with van der Waals surface area (Å²) in [6.07, 6.45) is 7.70. The van der Waals surface area contributed by atoms with Crippen molar-refractivity contribution in [1.29, 1.82) is 0 Å². The summed E-state index contributed by atoms with van der Waals surface area (Å²) >= 11 is 0. The SMILES string of the molecule is CCCCCNc1cccc(CCC(CCCC)OC(N)=O)c1. The molecular weight excluding hydrogens is 288 g/mol. The molecule has 1 unspecified atom stereocenters. The third-order valence-electron chi connectivity index (χ3n) is 3.95. The van der Waals surface area contributed by atoms with E-state index in [1.54, 1.807) is 0 Å². The van der Waals surface area contributed by atoms with Crippen LogP contribution in [0.1, 0.15) is 64.4 Å². The first kappa shape index (κ1) is 19.3. The van der Waals surface area contributed by atoms with E-state index in [4.69, 9.17) is 10.5 Å². The second-order valence-electron chi connectivity index (χ2n) is 6.07. The number of unbranched alkanes of at least 4 members (excludes halogenated alkanes) is 3. The summed E-state index contributed by atoms with van der Waals surface area (Å²) in [6, 6.07) is 8.49. The van der Waals surface area contributed by atoms with Crippen LogP contribution in [-0.4, -0.2) is 18.7 Å². The zero-order valence-corrected chi connectivity index (χ0v) is 14.6. The van der Waals surface area contributed by atoms with Crippen molar-refractivity contribution in [3.8, 4) is 0 Å². The number of ether oxygens (including phenoxy) is 1. The Balaban J connectivity index is 2.46. The van der Waals surface area contributed by atoms with E-state index in [1.807, 2.05) is 0 Å². The highest BCUT2D eigenvalue weighted by atomic mass is 16.6. The minimum atomic E-state index is -0.669. The fourth-order valence-corrected chi connectivity index (χ4v) is 2.63. The van der Waals surface area contributed by atoms with E-state index in [-0.39, 0.29) is 6.10 Å². The fraction of sp³-hybridized carbons (Fsp3) is 0.632. The Bertz CT molecular complexity index is 449. The number of aryl methyl sites for hydroxylation is 1. The molecule has 0 aromatic heterocycles. The molecule has 1 atom stereocenters. The maximum absolute atomic E-state index is 11.0. The molecule has 1 aromatic rings. The normalized spacial score (nSPS) is 11.9. The fourth-order valence-electron chi connectivity index (χ4n) is 2.63. The van der Waals surface area contributed by atoms with Gasteiger partial charge >= 0.3 is 6.09 Å². The van der Waals surface area contributed by atoms with Crippen LogP contribution in [-0.2, 0) is 11.2 Å². The van der Waals surface area contributed by atoms with Gasteiger partial charge in [0.25, 0.3) is 0 Å². The van der Waals surface area contributed by atoms with Crippen LogP contribution in [0.5, 0.6) is 0 Å². The van der Waals surface area contributed by atoms with Crippen molar-refractivity contribution in [2.24, 2.45) is 5.73 Å². The number of carbonyl (C=O) groups excluding carboxylic acids is 1. The minimum Gasteiger partial charge on any atom is -0.446 e. The van der Waals surface area contributed by atoms with Gasteiger partial charge in [-0.1, -0.05) is 51.7 Å². The average Bonchev–Trinajstić information content (AvgIpc) is 2.54. The summed E-state index contributed by atoms with van der Waals surface area (Å²) in [5.41, 5.74) is 7.60. The molecule has 0 bridgehead atoms. The summed E-state index contributed by atoms with van der Waals surface area (Å²) < 4.78 is 5.22. The molecule has 0 radical (unpaired) electrons. The van der Waals surface area contributed by atoms with Crippen molar-refractivity contribution in [2.45, 2.75) is 71.3 Å². The number of nitrogens with one attached hydrogen (secondary N) is 1. The highest BCUT2D eigenvalue weighted by Crippen LogP contribution is 2.16. The summed E-state index contributed by atoms with van der Waals surface area (Å²) in [5.74, 6) is 0. The summed E-state index contributed by atoms with van der Waals surface area (Å²) in [4.78, 5) is 11.0. The molecule has 0 heterocycles. The quantitative estimate of drug-likeness (QED) is 0.540.